The Hall–Kier alpha value is -7.37. The molecule has 0 aliphatic heterocycles. The zero-order chi connectivity index (χ0) is 38.6. The second-order valence-electron chi connectivity index (χ2n) is 14.2. The Labute approximate surface area is 341 Å². The van der Waals surface area contributed by atoms with Crippen LogP contribution in [0.2, 0.25) is 0 Å². The number of benzene rings is 7. The van der Waals surface area contributed by atoms with Crippen LogP contribution in [0.5, 0.6) is 0 Å². The van der Waals surface area contributed by atoms with E-state index in [1.54, 1.807) is 18.3 Å². The van der Waals surface area contributed by atoms with Crippen LogP contribution in [0.25, 0.3) is 108 Å². The summed E-state index contributed by atoms with van der Waals surface area (Å²) in [6.07, 6.45) is 3.64. The minimum absolute atomic E-state index is 0.523. The van der Waals surface area contributed by atoms with E-state index in [0.29, 0.717) is 23.0 Å². The number of hydrogen-bond donors (Lipinski definition) is 0. The van der Waals surface area contributed by atoms with Crippen molar-refractivity contribution in [3.05, 3.63) is 182 Å². The molecule has 0 saturated carbocycles. The van der Waals surface area contributed by atoms with Gasteiger partial charge in [0.1, 0.15) is 0 Å². The first-order valence-electron chi connectivity index (χ1n) is 18.9. The first-order chi connectivity index (χ1) is 28.6. The maximum absolute atomic E-state index is 9.56. The molecule has 0 atom stereocenters. The van der Waals surface area contributed by atoms with E-state index in [2.05, 4.69) is 120 Å². The lowest BCUT2D eigenvalue weighted by atomic mass is 9.94. The number of pyridine rings is 1. The standard InChI is InChI=1S/C51H29N5S2/c52-29-31-15-17-32(18-16-31)49-54-50(56-51(55-49)42-12-2-1-9-39(42)35-8-7-23-53-30-35)38-25-36(33-19-21-47-43(27-33)40-10-3-5-13-45(40)57-47)24-37(26-38)34-20-22-48-44(28-34)41-11-4-6-14-46(41)58-48/h1-28,30H. The number of hydrogen-bond acceptors (Lipinski definition) is 7. The SMILES string of the molecule is N#Cc1ccc(-c2nc(-c3cc(-c4ccc5sc6ccccc6c5c4)cc(-c4ccc5sc6ccccc6c5c4)c3)nc(-c3ccccc3-c3cccnc3)n2)cc1. The zero-order valence-electron chi connectivity index (χ0n) is 30.8. The summed E-state index contributed by atoms with van der Waals surface area (Å²) >= 11 is 3.64. The van der Waals surface area contributed by atoms with Crippen molar-refractivity contribution in [2.75, 3.05) is 0 Å². The quantitative estimate of drug-likeness (QED) is 0.168. The molecule has 11 aromatic rings. The number of rotatable bonds is 6. The van der Waals surface area contributed by atoms with Crippen LogP contribution in [-0.2, 0) is 0 Å². The van der Waals surface area contributed by atoms with Crippen molar-refractivity contribution in [2.45, 2.75) is 0 Å². The molecular formula is C51H29N5S2. The van der Waals surface area contributed by atoms with E-state index < -0.39 is 0 Å². The van der Waals surface area contributed by atoms with Crippen molar-refractivity contribution in [1.82, 2.24) is 19.9 Å². The summed E-state index contributed by atoms with van der Waals surface area (Å²) in [6.45, 7) is 0. The normalized spacial score (nSPS) is 11.4. The molecule has 0 radical (unpaired) electrons. The third kappa shape index (κ3) is 6.00. The zero-order valence-corrected chi connectivity index (χ0v) is 32.4. The second-order valence-corrected chi connectivity index (χ2v) is 16.4. The highest BCUT2D eigenvalue weighted by Crippen LogP contribution is 2.41. The topological polar surface area (TPSA) is 75.3 Å². The van der Waals surface area contributed by atoms with Gasteiger partial charge in [0.25, 0.3) is 0 Å². The van der Waals surface area contributed by atoms with E-state index in [4.69, 9.17) is 15.0 Å². The van der Waals surface area contributed by atoms with Gasteiger partial charge in [-0.15, -0.1) is 22.7 Å². The molecule has 0 aliphatic rings. The molecule has 58 heavy (non-hydrogen) atoms. The molecular weight excluding hydrogens is 747 g/mol. The molecule has 7 aromatic carbocycles. The van der Waals surface area contributed by atoms with Gasteiger partial charge in [-0.25, -0.2) is 15.0 Å². The Bertz CT molecular complexity index is 3280. The molecule has 0 unspecified atom stereocenters. The summed E-state index contributed by atoms with van der Waals surface area (Å²) in [5, 5.41) is 14.6. The Balaban J connectivity index is 1.15. The highest BCUT2D eigenvalue weighted by Gasteiger charge is 2.18. The number of nitriles is 1. The minimum atomic E-state index is 0.523. The third-order valence-corrected chi connectivity index (χ3v) is 13.0. The van der Waals surface area contributed by atoms with Gasteiger partial charge in [-0.3, -0.25) is 4.98 Å². The molecule has 5 nitrogen and oxygen atoms in total. The molecule has 11 rings (SSSR count). The summed E-state index contributed by atoms with van der Waals surface area (Å²) < 4.78 is 5.08. The third-order valence-electron chi connectivity index (χ3n) is 10.7. The van der Waals surface area contributed by atoms with E-state index in [1.807, 2.05) is 71.3 Å². The van der Waals surface area contributed by atoms with Crippen LogP contribution in [0.3, 0.4) is 0 Å². The fourth-order valence-electron chi connectivity index (χ4n) is 7.80. The van der Waals surface area contributed by atoms with Gasteiger partial charge in [0, 0.05) is 75.0 Å². The van der Waals surface area contributed by atoms with Crippen molar-refractivity contribution in [1.29, 1.82) is 5.26 Å². The molecule has 0 bridgehead atoms. The van der Waals surface area contributed by atoms with E-state index in [9.17, 15) is 5.26 Å². The van der Waals surface area contributed by atoms with E-state index in [0.717, 1.165) is 50.1 Å². The van der Waals surface area contributed by atoms with Crippen LogP contribution >= 0.6 is 22.7 Å². The van der Waals surface area contributed by atoms with Gasteiger partial charge in [0.2, 0.25) is 0 Å². The molecule has 0 saturated heterocycles. The van der Waals surface area contributed by atoms with E-state index in [-0.39, 0.29) is 0 Å². The molecule has 270 valence electrons. The lowest BCUT2D eigenvalue weighted by molar-refractivity contribution is 1.07. The van der Waals surface area contributed by atoms with Gasteiger partial charge in [0.05, 0.1) is 11.6 Å². The molecule has 0 aliphatic carbocycles. The molecule has 0 spiro atoms. The van der Waals surface area contributed by atoms with Crippen LogP contribution < -0.4 is 0 Å². The summed E-state index contributed by atoms with van der Waals surface area (Å²) in [6, 6.07) is 59.3. The van der Waals surface area contributed by atoms with Crippen molar-refractivity contribution >= 4 is 63.0 Å². The maximum Gasteiger partial charge on any atom is 0.164 e. The highest BCUT2D eigenvalue weighted by atomic mass is 32.1. The average Bonchev–Trinajstić information content (AvgIpc) is 3.87. The molecule has 4 heterocycles. The summed E-state index contributed by atoms with van der Waals surface area (Å²) in [5.74, 6) is 1.63. The van der Waals surface area contributed by atoms with Gasteiger partial charge in [-0.1, -0.05) is 78.9 Å². The average molecular weight is 776 g/mol. The Kier molecular flexibility index (Phi) is 8.18. The monoisotopic (exact) mass is 775 g/mol. The predicted octanol–water partition coefficient (Wildman–Crippen LogP) is 13.9. The van der Waals surface area contributed by atoms with Crippen molar-refractivity contribution in [3.8, 4) is 73.6 Å². The van der Waals surface area contributed by atoms with Crippen LogP contribution in [-0.4, -0.2) is 19.9 Å². The Morgan fingerprint density at radius 1 is 0.379 bits per heavy atom. The highest BCUT2D eigenvalue weighted by molar-refractivity contribution is 7.26. The summed E-state index contributed by atoms with van der Waals surface area (Å²) in [5.41, 5.74) is 9.42. The first kappa shape index (κ1) is 33.9. The maximum atomic E-state index is 9.56. The smallest absolute Gasteiger partial charge is 0.164 e. The van der Waals surface area contributed by atoms with Gasteiger partial charge in [0.15, 0.2) is 17.5 Å². The number of nitrogens with zero attached hydrogens (tertiary/aromatic N) is 5. The predicted molar refractivity (Wildman–Crippen MR) is 241 cm³/mol. The van der Waals surface area contributed by atoms with Crippen molar-refractivity contribution < 1.29 is 0 Å². The molecule has 4 aromatic heterocycles. The lowest BCUT2D eigenvalue weighted by Gasteiger charge is -2.14. The van der Waals surface area contributed by atoms with Crippen LogP contribution in [0.15, 0.2) is 176 Å². The van der Waals surface area contributed by atoms with E-state index in [1.165, 1.54) is 40.3 Å². The van der Waals surface area contributed by atoms with Crippen molar-refractivity contribution in [3.63, 3.8) is 0 Å². The summed E-state index contributed by atoms with van der Waals surface area (Å²) in [4.78, 5) is 19.9. The van der Waals surface area contributed by atoms with Gasteiger partial charge >= 0.3 is 0 Å². The second kappa shape index (κ2) is 14.0. The lowest BCUT2D eigenvalue weighted by Crippen LogP contribution is -2.01. The number of thiophene rings is 2. The van der Waals surface area contributed by atoms with Crippen LogP contribution in [0.1, 0.15) is 5.56 Å². The van der Waals surface area contributed by atoms with Gasteiger partial charge in [-0.2, -0.15) is 5.26 Å². The summed E-state index contributed by atoms with van der Waals surface area (Å²) in [7, 11) is 0. The molecule has 0 N–H and O–H groups in total. The molecule has 7 heteroatoms. The van der Waals surface area contributed by atoms with Crippen LogP contribution in [0, 0.1) is 11.3 Å². The Morgan fingerprint density at radius 2 is 0.897 bits per heavy atom. The molecule has 0 fully saturated rings. The first-order valence-corrected chi connectivity index (χ1v) is 20.5. The van der Waals surface area contributed by atoms with Gasteiger partial charge < -0.3 is 0 Å². The largest absolute Gasteiger partial charge is 0.264 e. The van der Waals surface area contributed by atoms with Gasteiger partial charge in [-0.05, 0) is 113 Å². The molecule has 0 amide bonds. The Morgan fingerprint density at radius 3 is 1.50 bits per heavy atom. The minimum Gasteiger partial charge on any atom is -0.264 e. The fourth-order valence-corrected chi connectivity index (χ4v) is 9.97. The number of fused-ring (bicyclic) bond motifs is 6. The number of aromatic nitrogens is 4. The fraction of sp³-hybridized carbons (Fsp3) is 0. The van der Waals surface area contributed by atoms with Crippen LogP contribution in [0.4, 0.5) is 0 Å². The van der Waals surface area contributed by atoms with E-state index >= 15 is 0 Å². The van der Waals surface area contributed by atoms with Crippen molar-refractivity contribution in [2.24, 2.45) is 0 Å².